The number of pyridine rings is 1. The van der Waals surface area contributed by atoms with Crippen LogP contribution in [0.4, 0.5) is 4.39 Å². The topological polar surface area (TPSA) is 77.0 Å². The van der Waals surface area contributed by atoms with Crippen molar-refractivity contribution in [3.05, 3.63) is 46.8 Å². The largest absolute Gasteiger partial charge is 0.493 e. The number of ether oxygens (including phenoxy) is 1. The number of aldehydes is 1. The molecule has 1 aromatic carbocycles. The number of aromatic nitrogens is 3. The smallest absolute Gasteiger partial charge is 0.328 e. The normalized spacial score (nSPS) is 10.9. The second-order valence-corrected chi connectivity index (χ2v) is 4.87. The summed E-state index contributed by atoms with van der Waals surface area (Å²) in [5.74, 6) is 0.123. The molecule has 0 spiro atoms. The summed E-state index contributed by atoms with van der Waals surface area (Å²) in [6, 6.07) is 5.90. The first-order valence-electron chi connectivity index (χ1n) is 7.09. The Morgan fingerprint density at radius 3 is 2.96 bits per heavy atom. The van der Waals surface area contributed by atoms with Crippen LogP contribution in [0.2, 0.25) is 0 Å². The molecule has 7 heteroatoms. The van der Waals surface area contributed by atoms with E-state index in [-0.39, 0.29) is 6.54 Å². The third kappa shape index (κ3) is 2.73. The van der Waals surface area contributed by atoms with Crippen molar-refractivity contribution >= 4 is 17.5 Å². The van der Waals surface area contributed by atoms with Crippen molar-refractivity contribution in [2.24, 2.45) is 0 Å². The Morgan fingerprint density at radius 2 is 2.22 bits per heavy atom. The molecule has 6 nitrogen and oxygen atoms in total. The quantitative estimate of drug-likeness (QED) is 0.732. The van der Waals surface area contributed by atoms with Crippen LogP contribution < -0.4 is 10.4 Å². The Bertz CT molecular complexity index is 930. The van der Waals surface area contributed by atoms with Crippen LogP contribution in [0.1, 0.15) is 6.92 Å². The summed E-state index contributed by atoms with van der Waals surface area (Å²) < 4.78 is 20.4. The number of hydrogen-bond acceptors (Lipinski definition) is 4. The van der Waals surface area contributed by atoms with Gasteiger partial charge < -0.3 is 9.53 Å². The monoisotopic (exact) mass is 315 g/mol. The van der Waals surface area contributed by atoms with Gasteiger partial charge in [0.1, 0.15) is 17.9 Å². The molecule has 3 rings (SSSR count). The van der Waals surface area contributed by atoms with Gasteiger partial charge in [-0.25, -0.2) is 14.2 Å². The lowest BCUT2D eigenvalue weighted by atomic mass is 10.1. The van der Waals surface area contributed by atoms with Gasteiger partial charge in [0, 0.05) is 17.3 Å². The van der Waals surface area contributed by atoms with Crippen molar-refractivity contribution in [1.29, 1.82) is 0 Å². The second-order valence-electron chi connectivity index (χ2n) is 4.87. The predicted octanol–water partition coefficient (Wildman–Crippen LogP) is 2.13. The first-order chi connectivity index (χ1) is 11.1. The molecule has 2 aromatic heterocycles. The molecular weight excluding hydrogens is 301 g/mol. The highest BCUT2D eigenvalue weighted by Gasteiger charge is 2.13. The lowest BCUT2D eigenvalue weighted by Gasteiger charge is -2.10. The van der Waals surface area contributed by atoms with Crippen molar-refractivity contribution in [1.82, 2.24) is 14.5 Å². The zero-order valence-corrected chi connectivity index (χ0v) is 12.4. The lowest BCUT2D eigenvalue weighted by Crippen LogP contribution is -2.17. The fraction of sp³-hybridized carbons (Fsp3) is 0.188. The first-order valence-corrected chi connectivity index (χ1v) is 7.09. The van der Waals surface area contributed by atoms with Crippen LogP contribution in [0, 0.1) is 5.82 Å². The zero-order chi connectivity index (χ0) is 16.4. The van der Waals surface area contributed by atoms with Gasteiger partial charge in [-0.2, -0.15) is 0 Å². The summed E-state index contributed by atoms with van der Waals surface area (Å²) in [6.45, 7) is 2.20. The molecule has 0 bridgehead atoms. The van der Waals surface area contributed by atoms with Crippen LogP contribution in [0.5, 0.6) is 5.75 Å². The predicted molar refractivity (Wildman–Crippen MR) is 83.0 cm³/mol. The molecule has 0 aliphatic rings. The van der Waals surface area contributed by atoms with E-state index in [1.807, 2.05) is 6.92 Å². The molecule has 0 fully saturated rings. The first kappa shape index (κ1) is 15.0. The lowest BCUT2D eigenvalue weighted by molar-refractivity contribution is -0.108. The number of carbonyl (C=O) groups is 1. The molecule has 0 saturated heterocycles. The number of carbonyl (C=O) groups excluding carboxylic acids is 1. The van der Waals surface area contributed by atoms with Gasteiger partial charge >= 0.3 is 5.69 Å². The number of benzene rings is 1. The van der Waals surface area contributed by atoms with Crippen molar-refractivity contribution in [2.45, 2.75) is 13.5 Å². The van der Waals surface area contributed by atoms with Crippen molar-refractivity contribution in [3.63, 3.8) is 0 Å². The molecule has 0 unspecified atom stereocenters. The molecule has 0 atom stereocenters. The number of rotatable bonds is 5. The summed E-state index contributed by atoms with van der Waals surface area (Å²) >= 11 is 0. The average molecular weight is 315 g/mol. The number of H-pyrrole nitrogens is 1. The van der Waals surface area contributed by atoms with Crippen molar-refractivity contribution in [3.8, 4) is 16.9 Å². The molecule has 0 aliphatic carbocycles. The summed E-state index contributed by atoms with van der Waals surface area (Å²) in [5, 5.41) is 0. The van der Waals surface area contributed by atoms with E-state index in [1.165, 1.54) is 22.9 Å². The van der Waals surface area contributed by atoms with E-state index in [0.717, 1.165) is 0 Å². The summed E-state index contributed by atoms with van der Waals surface area (Å²) in [4.78, 5) is 29.3. The molecule has 118 valence electrons. The molecule has 3 aromatic rings. The fourth-order valence-electron chi connectivity index (χ4n) is 2.45. The summed E-state index contributed by atoms with van der Waals surface area (Å²) in [6.07, 6.45) is 2.16. The van der Waals surface area contributed by atoms with Crippen LogP contribution in [-0.2, 0) is 11.3 Å². The Kier molecular flexibility index (Phi) is 3.92. The highest BCUT2D eigenvalue weighted by Crippen LogP contribution is 2.31. The Labute approximate surface area is 130 Å². The average Bonchev–Trinajstić information content (AvgIpc) is 2.85. The molecule has 2 heterocycles. The van der Waals surface area contributed by atoms with Crippen LogP contribution in [0.15, 0.2) is 35.3 Å². The fourth-order valence-corrected chi connectivity index (χ4v) is 2.45. The van der Waals surface area contributed by atoms with Crippen LogP contribution >= 0.6 is 0 Å². The van der Waals surface area contributed by atoms with Gasteiger partial charge in [-0.3, -0.25) is 9.55 Å². The van der Waals surface area contributed by atoms with Gasteiger partial charge in [-0.15, -0.1) is 0 Å². The highest BCUT2D eigenvalue weighted by atomic mass is 19.1. The van der Waals surface area contributed by atoms with Gasteiger partial charge in [0.25, 0.3) is 0 Å². The maximum atomic E-state index is 13.6. The third-order valence-electron chi connectivity index (χ3n) is 3.44. The Balaban J connectivity index is 2.21. The van der Waals surface area contributed by atoms with E-state index in [0.29, 0.717) is 40.9 Å². The van der Waals surface area contributed by atoms with Crippen LogP contribution in [0.25, 0.3) is 22.3 Å². The number of hydrogen-bond donors (Lipinski definition) is 1. The standard InChI is InChI=1S/C16H14FN3O3/c1-2-23-14-4-3-11(17)8-12(14)10-7-13-15(18-9-10)19-16(22)20(13)5-6-21/h3-4,6-9H,2,5H2,1H3,(H,18,19,22). The van der Waals surface area contributed by atoms with Crippen LogP contribution in [0.3, 0.4) is 0 Å². The summed E-state index contributed by atoms with van der Waals surface area (Å²) in [7, 11) is 0. The van der Waals surface area contributed by atoms with E-state index in [1.54, 1.807) is 12.1 Å². The van der Waals surface area contributed by atoms with Crippen molar-refractivity contribution < 1.29 is 13.9 Å². The maximum Gasteiger partial charge on any atom is 0.328 e. The molecule has 23 heavy (non-hydrogen) atoms. The highest BCUT2D eigenvalue weighted by molar-refractivity contribution is 5.81. The Morgan fingerprint density at radius 1 is 1.39 bits per heavy atom. The van der Waals surface area contributed by atoms with Gasteiger partial charge in [0.15, 0.2) is 5.65 Å². The zero-order valence-electron chi connectivity index (χ0n) is 12.4. The van der Waals surface area contributed by atoms with Gasteiger partial charge in [-0.1, -0.05) is 0 Å². The van der Waals surface area contributed by atoms with Gasteiger partial charge in [0.2, 0.25) is 0 Å². The maximum absolute atomic E-state index is 13.6. The SMILES string of the molecule is CCOc1ccc(F)cc1-c1cnc2[nH]c(=O)n(CC=O)c2c1. The molecular formula is C16H14FN3O3. The van der Waals surface area contributed by atoms with E-state index in [9.17, 15) is 14.0 Å². The minimum atomic E-state index is -0.416. The number of aromatic amines is 1. The number of fused-ring (bicyclic) bond motifs is 1. The number of nitrogens with zero attached hydrogens (tertiary/aromatic N) is 2. The number of nitrogens with one attached hydrogen (secondary N) is 1. The minimum absolute atomic E-state index is 0.0779. The molecule has 0 amide bonds. The molecule has 0 saturated carbocycles. The number of halogens is 1. The van der Waals surface area contributed by atoms with E-state index in [4.69, 9.17) is 4.74 Å². The van der Waals surface area contributed by atoms with Gasteiger partial charge in [0.05, 0.1) is 18.7 Å². The van der Waals surface area contributed by atoms with E-state index < -0.39 is 11.5 Å². The second kappa shape index (κ2) is 6.04. The minimum Gasteiger partial charge on any atom is -0.493 e. The third-order valence-corrected chi connectivity index (χ3v) is 3.44. The summed E-state index contributed by atoms with van der Waals surface area (Å²) in [5.41, 5.74) is 1.56. The van der Waals surface area contributed by atoms with Crippen molar-refractivity contribution in [2.75, 3.05) is 6.61 Å². The van der Waals surface area contributed by atoms with E-state index in [2.05, 4.69) is 9.97 Å². The molecule has 0 aliphatic heterocycles. The Hall–Kier alpha value is -2.96. The molecule has 1 N–H and O–H groups in total. The van der Waals surface area contributed by atoms with Crippen LogP contribution in [-0.4, -0.2) is 27.4 Å². The number of imidazole rings is 1. The van der Waals surface area contributed by atoms with E-state index >= 15 is 0 Å². The molecule has 0 radical (unpaired) electrons. The van der Waals surface area contributed by atoms with Gasteiger partial charge in [-0.05, 0) is 31.2 Å².